The van der Waals surface area contributed by atoms with E-state index >= 15 is 0 Å². The molecule has 140 valence electrons. The number of H-pyrrole nitrogens is 1. The van der Waals surface area contributed by atoms with Gasteiger partial charge in [0.05, 0.1) is 13.2 Å². The molecule has 27 heavy (non-hydrogen) atoms. The van der Waals surface area contributed by atoms with Gasteiger partial charge in [-0.05, 0) is 42.3 Å². The molecule has 2 amide bonds. The molecule has 0 aliphatic carbocycles. The molecule has 1 fully saturated rings. The Kier molecular flexibility index (Phi) is 5.25. The number of aromatic nitrogens is 1. The lowest BCUT2D eigenvalue weighted by Crippen LogP contribution is -2.30. The molecule has 2 aromatic carbocycles. The average Bonchev–Trinajstić information content (AvgIpc) is 3.34. The number of carbonyl (C=O) groups is 1. The molecule has 0 radical (unpaired) electrons. The van der Waals surface area contributed by atoms with Gasteiger partial charge < -0.3 is 25.1 Å². The number of aromatic amines is 1. The third-order valence-electron chi connectivity index (χ3n) is 4.66. The maximum absolute atomic E-state index is 12.1. The molecule has 0 bridgehead atoms. The van der Waals surface area contributed by atoms with E-state index in [4.69, 9.17) is 9.47 Å². The standard InChI is InChI=1S/C21H23N3O3/c25-21(22-11-9-15-13-23-20-4-2-1-3-19(15)20)24-16-5-7-17(8-6-16)27-18-10-12-26-14-18/h1-8,13,18,23H,9-12,14H2,(H2,22,24,25). The third-order valence-corrected chi connectivity index (χ3v) is 4.66. The van der Waals surface area contributed by atoms with Gasteiger partial charge in [-0.15, -0.1) is 0 Å². The summed E-state index contributed by atoms with van der Waals surface area (Å²) < 4.78 is 11.1. The van der Waals surface area contributed by atoms with Crippen molar-refractivity contribution in [2.75, 3.05) is 25.1 Å². The van der Waals surface area contributed by atoms with Gasteiger partial charge in [-0.1, -0.05) is 18.2 Å². The van der Waals surface area contributed by atoms with Crippen molar-refractivity contribution >= 4 is 22.6 Å². The Hall–Kier alpha value is -2.99. The van der Waals surface area contributed by atoms with Crippen LogP contribution in [0, 0.1) is 0 Å². The zero-order valence-corrected chi connectivity index (χ0v) is 15.0. The summed E-state index contributed by atoms with van der Waals surface area (Å²) in [5.41, 5.74) is 3.04. The monoisotopic (exact) mass is 365 g/mol. The van der Waals surface area contributed by atoms with Gasteiger partial charge in [0, 0.05) is 35.8 Å². The molecule has 0 saturated carbocycles. The van der Waals surface area contributed by atoms with Gasteiger partial charge in [-0.25, -0.2) is 4.79 Å². The van der Waals surface area contributed by atoms with E-state index in [0.29, 0.717) is 13.2 Å². The highest BCUT2D eigenvalue weighted by Gasteiger charge is 2.17. The van der Waals surface area contributed by atoms with Crippen LogP contribution >= 0.6 is 0 Å². The Morgan fingerprint density at radius 2 is 2.04 bits per heavy atom. The fourth-order valence-corrected chi connectivity index (χ4v) is 3.24. The Labute approximate surface area is 157 Å². The third kappa shape index (κ3) is 4.41. The van der Waals surface area contributed by atoms with E-state index in [1.54, 1.807) is 0 Å². The first-order chi connectivity index (χ1) is 13.3. The first-order valence-electron chi connectivity index (χ1n) is 9.22. The highest BCUT2D eigenvalue weighted by Crippen LogP contribution is 2.20. The molecule has 6 nitrogen and oxygen atoms in total. The van der Waals surface area contributed by atoms with Gasteiger partial charge in [0.1, 0.15) is 11.9 Å². The van der Waals surface area contributed by atoms with E-state index in [-0.39, 0.29) is 12.1 Å². The van der Waals surface area contributed by atoms with Crippen LogP contribution in [0.3, 0.4) is 0 Å². The summed E-state index contributed by atoms with van der Waals surface area (Å²) in [6.45, 7) is 1.96. The smallest absolute Gasteiger partial charge is 0.319 e. The Morgan fingerprint density at radius 1 is 1.19 bits per heavy atom. The zero-order valence-electron chi connectivity index (χ0n) is 15.0. The molecule has 1 unspecified atom stereocenters. The summed E-state index contributed by atoms with van der Waals surface area (Å²) in [7, 11) is 0. The van der Waals surface area contributed by atoms with Crippen LogP contribution in [0.2, 0.25) is 0 Å². The highest BCUT2D eigenvalue weighted by atomic mass is 16.5. The van der Waals surface area contributed by atoms with Gasteiger partial charge >= 0.3 is 6.03 Å². The number of hydrogen-bond acceptors (Lipinski definition) is 3. The van der Waals surface area contributed by atoms with Crippen LogP contribution in [0.1, 0.15) is 12.0 Å². The normalized spacial score (nSPS) is 16.4. The summed E-state index contributed by atoms with van der Waals surface area (Å²) in [6.07, 6.45) is 3.81. The molecule has 2 heterocycles. The van der Waals surface area contributed by atoms with Crippen LogP contribution in [0.4, 0.5) is 10.5 Å². The lowest BCUT2D eigenvalue weighted by atomic mass is 10.1. The Morgan fingerprint density at radius 3 is 2.85 bits per heavy atom. The van der Waals surface area contributed by atoms with Crippen LogP contribution in [-0.4, -0.2) is 36.9 Å². The van der Waals surface area contributed by atoms with E-state index in [1.807, 2.05) is 48.7 Å². The van der Waals surface area contributed by atoms with Crippen molar-refractivity contribution in [3.63, 3.8) is 0 Å². The average molecular weight is 365 g/mol. The SMILES string of the molecule is O=C(NCCc1c[nH]c2ccccc12)Nc1ccc(OC2CCOC2)cc1. The molecule has 0 spiro atoms. The van der Waals surface area contributed by atoms with E-state index in [9.17, 15) is 4.79 Å². The lowest BCUT2D eigenvalue weighted by molar-refractivity contribution is 0.141. The minimum absolute atomic E-state index is 0.122. The maximum atomic E-state index is 12.1. The van der Waals surface area contributed by atoms with E-state index in [1.165, 1.54) is 10.9 Å². The fraction of sp³-hybridized carbons (Fsp3) is 0.286. The van der Waals surface area contributed by atoms with Gasteiger partial charge in [0.15, 0.2) is 0 Å². The number of para-hydroxylation sites is 1. The van der Waals surface area contributed by atoms with E-state index < -0.39 is 0 Å². The second-order valence-corrected chi connectivity index (χ2v) is 6.62. The van der Waals surface area contributed by atoms with E-state index in [0.717, 1.165) is 36.4 Å². The number of hydrogen-bond donors (Lipinski definition) is 3. The lowest BCUT2D eigenvalue weighted by Gasteiger charge is -2.12. The first kappa shape index (κ1) is 17.4. The van der Waals surface area contributed by atoms with Crippen LogP contribution < -0.4 is 15.4 Å². The minimum Gasteiger partial charge on any atom is -0.488 e. The number of ether oxygens (including phenoxy) is 2. The van der Waals surface area contributed by atoms with Crippen molar-refractivity contribution in [1.29, 1.82) is 0 Å². The largest absolute Gasteiger partial charge is 0.488 e. The number of fused-ring (bicyclic) bond motifs is 1. The molecule has 1 aromatic heterocycles. The summed E-state index contributed by atoms with van der Waals surface area (Å²) in [6, 6.07) is 15.3. The molecule has 3 aromatic rings. The number of rotatable bonds is 6. The molecular weight excluding hydrogens is 342 g/mol. The summed E-state index contributed by atoms with van der Waals surface area (Å²) >= 11 is 0. The predicted octanol–water partition coefficient (Wildman–Crippen LogP) is 3.70. The van der Waals surface area contributed by atoms with Gasteiger partial charge in [0.2, 0.25) is 0 Å². The second kappa shape index (κ2) is 8.14. The van der Waals surface area contributed by atoms with Crippen molar-refractivity contribution in [3.8, 4) is 5.75 Å². The van der Waals surface area contributed by atoms with Gasteiger partial charge in [-0.3, -0.25) is 0 Å². The predicted molar refractivity (Wildman–Crippen MR) is 105 cm³/mol. The Bertz CT molecular complexity index is 898. The van der Waals surface area contributed by atoms with Crippen LogP contribution in [0.15, 0.2) is 54.7 Å². The number of benzene rings is 2. The molecule has 4 rings (SSSR count). The maximum Gasteiger partial charge on any atom is 0.319 e. The summed E-state index contributed by atoms with van der Waals surface area (Å²) in [4.78, 5) is 15.3. The zero-order chi connectivity index (χ0) is 18.5. The first-order valence-corrected chi connectivity index (χ1v) is 9.22. The highest BCUT2D eigenvalue weighted by molar-refractivity contribution is 5.89. The van der Waals surface area contributed by atoms with Gasteiger partial charge in [0.25, 0.3) is 0 Å². The van der Waals surface area contributed by atoms with E-state index in [2.05, 4.69) is 21.7 Å². The molecule has 6 heteroatoms. The van der Waals surface area contributed by atoms with Crippen molar-refractivity contribution in [2.24, 2.45) is 0 Å². The van der Waals surface area contributed by atoms with Gasteiger partial charge in [-0.2, -0.15) is 0 Å². The molecular formula is C21H23N3O3. The van der Waals surface area contributed by atoms with Crippen LogP contribution in [0.5, 0.6) is 5.75 Å². The Balaban J connectivity index is 1.24. The minimum atomic E-state index is -0.215. The van der Waals surface area contributed by atoms with Crippen molar-refractivity contribution in [3.05, 3.63) is 60.3 Å². The van der Waals surface area contributed by atoms with Crippen molar-refractivity contribution in [1.82, 2.24) is 10.3 Å². The quantitative estimate of drug-likeness (QED) is 0.623. The van der Waals surface area contributed by atoms with Crippen molar-refractivity contribution < 1.29 is 14.3 Å². The van der Waals surface area contributed by atoms with Crippen LogP contribution in [0.25, 0.3) is 10.9 Å². The molecule has 1 aliphatic rings. The summed E-state index contributed by atoms with van der Waals surface area (Å²) in [5, 5.41) is 6.93. The molecule has 1 atom stereocenters. The number of carbonyl (C=O) groups excluding carboxylic acids is 1. The number of nitrogens with one attached hydrogen (secondary N) is 3. The number of anilines is 1. The van der Waals surface area contributed by atoms with Crippen molar-refractivity contribution in [2.45, 2.75) is 18.9 Å². The second-order valence-electron chi connectivity index (χ2n) is 6.62. The van der Waals surface area contributed by atoms with Crippen LogP contribution in [-0.2, 0) is 11.2 Å². The fourth-order valence-electron chi connectivity index (χ4n) is 3.24. The molecule has 1 saturated heterocycles. The molecule has 3 N–H and O–H groups in total. The summed E-state index contributed by atoms with van der Waals surface area (Å²) in [5.74, 6) is 0.788. The number of amides is 2. The topological polar surface area (TPSA) is 75.4 Å². The molecule has 1 aliphatic heterocycles. The number of urea groups is 1.